The number of hydrogen-bond donors (Lipinski definition) is 3. The Morgan fingerprint density at radius 2 is 2.04 bits per heavy atom. The second kappa shape index (κ2) is 10.4. The Labute approximate surface area is 183 Å². The quantitative estimate of drug-likeness (QED) is 0.323. The van der Waals surface area contributed by atoms with Crippen LogP contribution >= 0.6 is 24.0 Å². The molecule has 2 aromatic rings. The van der Waals surface area contributed by atoms with Crippen LogP contribution < -0.4 is 10.6 Å². The molecule has 1 aromatic carbocycles. The molecule has 2 heterocycles. The van der Waals surface area contributed by atoms with Crippen LogP contribution in [0.5, 0.6) is 0 Å². The van der Waals surface area contributed by atoms with Gasteiger partial charge in [0.25, 0.3) is 0 Å². The van der Waals surface area contributed by atoms with Gasteiger partial charge in [0.1, 0.15) is 5.82 Å². The van der Waals surface area contributed by atoms with Crippen LogP contribution in [0.3, 0.4) is 0 Å². The predicted octanol–water partition coefficient (Wildman–Crippen LogP) is 2.74. The van der Waals surface area contributed by atoms with Crippen molar-refractivity contribution in [3.8, 4) is 0 Å². The Bertz CT molecular complexity index is 786. The van der Waals surface area contributed by atoms with Gasteiger partial charge in [0.05, 0.1) is 0 Å². The third-order valence-electron chi connectivity index (χ3n) is 5.60. The van der Waals surface area contributed by atoms with Gasteiger partial charge in [-0.3, -0.25) is 4.99 Å². The van der Waals surface area contributed by atoms with Gasteiger partial charge in [0, 0.05) is 56.0 Å². The summed E-state index contributed by atoms with van der Waals surface area (Å²) in [6, 6.07) is 4.83. The van der Waals surface area contributed by atoms with Gasteiger partial charge >= 0.3 is 0 Å². The van der Waals surface area contributed by atoms with Crippen molar-refractivity contribution in [3.63, 3.8) is 0 Å². The minimum Gasteiger partial charge on any atom is -0.381 e. The maximum atomic E-state index is 13.5. The number of ether oxygens (including phenoxy) is 1. The van der Waals surface area contributed by atoms with Gasteiger partial charge in [0.2, 0.25) is 0 Å². The monoisotopic (exact) mass is 503 g/mol. The first-order valence-electron chi connectivity index (χ1n) is 9.49. The molecule has 28 heavy (non-hydrogen) atoms. The fourth-order valence-corrected chi connectivity index (χ4v) is 3.68. The van der Waals surface area contributed by atoms with Crippen LogP contribution in [-0.2, 0) is 11.2 Å². The minimum atomic E-state index is -0.209. The topological polar surface area (TPSA) is 64.7 Å². The van der Waals surface area contributed by atoms with E-state index in [0.29, 0.717) is 0 Å². The lowest BCUT2D eigenvalue weighted by Gasteiger charge is -2.43. The van der Waals surface area contributed by atoms with E-state index in [4.69, 9.17) is 4.74 Å². The highest BCUT2D eigenvalue weighted by Crippen LogP contribution is 2.25. The number of aliphatic imine (C=N–C) groups is 1. The van der Waals surface area contributed by atoms with E-state index >= 15 is 0 Å². The Morgan fingerprint density at radius 3 is 2.71 bits per heavy atom. The summed E-state index contributed by atoms with van der Waals surface area (Å²) in [5, 5.41) is 7.76. The van der Waals surface area contributed by atoms with E-state index in [1.807, 2.05) is 6.20 Å². The Morgan fingerprint density at radius 1 is 1.29 bits per heavy atom. The number of guanidine groups is 1. The van der Waals surface area contributed by atoms with Gasteiger partial charge in [-0.15, -0.1) is 24.0 Å². The van der Waals surface area contributed by atoms with Crippen LogP contribution in [-0.4, -0.2) is 68.8 Å². The van der Waals surface area contributed by atoms with Crippen molar-refractivity contribution < 1.29 is 9.13 Å². The standard InChI is InChI=1S/C20H30FN5O.HI/c1-22-19(25-14-20(26(2)3)7-10-27-11-8-20)23-9-6-15-13-24-18-5-4-16(21)12-17(15)18;/h4-5,12-13,24H,6-11,14H2,1-3H3,(H2,22,23,25);1H. The number of hydrogen-bond acceptors (Lipinski definition) is 3. The van der Waals surface area contributed by atoms with Crippen molar-refractivity contribution in [2.24, 2.45) is 4.99 Å². The lowest BCUT2D eigenvalue weighted by Crippen LogP contribution is -2.57. The number of halogens is 2. The number of aromatic nitrogens is 1. The molecule has 0 bridgehead atoms. The molecule has 0 radical (unpaired) electrons. The summed E-state index contributed by atoms with van der Waals surface area (Å²) in [4.78, 5) is 9.82. The molecule has 156 valence electrons. The number of fused-ring (bicyclic) bond motifs is 1. The highest BCUT2D eigenvalue weighted by atomic mass is 127. The molecule has 6 nitrogen and oxygen atoms in total. The summed E-state index contributed by atoms with van der Waals surface area (Å²) in [5.41, 5.74) is 2.15. The van der Waals surface area contributed by atoms with Crippen LogP contribution in [0.15, 0.2) is 29.4 Å². The van der Waals surface area contributed by atoms with E-state index in [1.165, 1.54) is 6.07 Å². The fraction of sp³-hybridized carbons (Fsp3) is 0.550. The first kappa shape index (κ1) is 22.9. The molecule has 0 aliphatic carbocycles. The molecule has 0 spiro atoms. The third kappa shape index (κ3) is 5.36. The molecule has 0 saturated carbocycles. The van der Waals surface area contributed by atoms with E-state index in [0.717, 1.165) is 68.0 Å². The molecule has 3 N–H and O–H groups in total. The zero-order valence-corrected chi connectivity index (χ0v) is 19.2. The van der Waals surface area contributed by atoms with E-state index in [2.05, 4.69) is 39.6 Å². The average molecular weight is 503 g/mol. The number of rotatable bonds is 6. The van der Waals surface area contributed by atoms with E-state index in [9.17, 15) is 4.39 Å². The molecule has 1 aromatic heterocycles. The number of aromatic amines is 1. The second-order valence-electron chi connectivity index (χ2n) is 7.34. The van der Waals surface area contributed by atoms with Crippen molar-refractivity contribution in [2.75, 3.05) is 47.4 Å². The summed E-state index contributed by atoms with van der Waals surface area (Å²) >= 11 is 0. The lowest BCUT2D eigenvalue weighted by atomic mass is 9.88. The van der Waals surface area contributed by atoms with Gasteiger partial charge in [-0.25, -0.2) is 4.39 Å². The fourth-order valence-electron chi connectivity index (χ4n) is 3.68. The Kier molecular flexibility index (Phi) is 8.51. The molecule has 0 amide bonds. The summed E-state index contributed by atoms with van der Waals surface area (Å²) in [6.07, 6.45) is 4.75. The molecule has 0 unspecified atom stereocenters. The molecule has 1 saturated heterocycles. The summed E-state index contributed by atoms with van der Waals surface area (Å²) < 4.78 is 19.0. The molecular weight excluding hydrogens is 472 g/mol. The number of likely N-dealkylation sites (N-methyl/N-ethyl adjacent to an activating group) is 1. The number of nitrogens with one attached hydrogen (secondary N) is 3. The van der Waals surface area contributed by atoms with Crippen molar-refractivity contribution in [2.45, 2.75) is 24.8 Å². The van der Waals surface area contributed by atoms with E-state index in [-0.39, 0.29) is 35.3 Å². The highest BCUT2D eigenvalue weighted by molar-refractivity contribution is 14.0. The number of benzene rings is 1. The molecule has 1 aliphatic heterocycles. The van der Waals surface area contributed by atoms with Crippen molar-refractivity contribution in [1.29, 1.82) is 0 Å². The summed E-state index contributed by atoms with van der Waals surface area (Å²) in [7, 11) is 6.03. The molecule has 1 fully saturated rings. The summed E-state index contributed by atoms with van der Waals surface area (Å²) in [5.74, 6) is 0.577. The largest absolute Gasteiger partial charge is 0.381 e. The van der Waals surface area contributed by atoms with Crippen molar-refractivity contribution in [1.82, 2.24) is 20.5 Å². The van der Waals surface area contributed by atoms with Crippen LogP contribution in [0.25, 0.3) is 10.9 Å². The van der Waals surface area contributed by atoms with Crippen LogP contribution in [0.4, 0.5) is 4.39 Å². The Balaban J connectivity index is 0.00000280. The molecule has 0 atom stereocenters. The molecule has 8 heteroatoms. The SMILES string of the molecule is CN=C(NCCc1c[nH]c2ccc(F)cc12)NCC1(N(C)C)CCOCC1.I. The van der Waals surface area contributed by atoms with Crippen LogP contribution in [0.2, 0.25) is 0 Å². The maximum Gasteiger partial charge on any atom is 0.191 e. The van der Waals surface area contributed by atoms with Crippen LogP contribution in [0, 0.1) is 5.82 Å². The van der Waals surface area contributed by atoms with Gasteiger partial charge in [-0.1, -0.05) is 0 Å². The normalized spacial score (nSPS) is 16.8. The summed E-state index contributed by atoms with van der Waals surface area (Å²) in [6.45, 7) is 3.13. The zero-order valence-electron chi connectivity index (χ0n) is 16.8. The lowest BCUT2D eigenvalue weighted by molar-refractivity contribution is -0.00500. The first-order chi connectivity index (χ1) is 13.0. The first-order valence-corrected chi connectivity index (χ1v) is 9.49. The van der Waals surface area contributed by atoms with Crippen LogP contribution in [0.1, 0.15) is 18.4 Å². The average Bonchev–Trinajstić information content (AvgIpc) is 3.07. The van der Waals surface area contributed by atoms with E-state index < -0.39 is 0 Å². The maximum absolute atomic E-state index is 13.5. The van der Waals surface area contributed by atoms with Crippen molar-refractivity contribution in [3.05, 3.63) is 35.8 Å². The van der Waals surface area contributed by atoms with Gasteiger partial charge in [-0.05, 0) is 57.1 Å². The number of nitrogens with zero attached hydrogens (tertiary/aromatic N) is 2. The van der Waals surface area contributed by atoms with Gasteiger partial charge in [0.15, 0.2) is 5.96 Å². The van der Waals surface area contributed by atoms with E-state index in [1.54, 1.807) is 19.2 Å². The second-order valence-corrected chi connectivity index (χ2v) is 7.34. The molecular formula is C20H31FIN5O. The molecule has 3 rings (SSSR count). The predicted molar refractivity (Wildman–Crippen MR) is 123 cm³/mol. The van der Waals surface area contributed by atoms with Gasteiger partial charge in [-0.2, -0.15) is 0 Å². The van der Waals surface area contributed by atoms with Crippen molar-refractivity contribution >= 4 is 40.8 Å². The minimum absolute atomic E-state index is 0. The smallest absolute Gasteiger partial charge is 0.191 e. The van der Waals surface area contributed by atoms with Gasteiger partial charge < -0.3 is 25.3 Å². The highest BCUT2D eigenvalue weighted by Gasteiger charge is 2.34. The third-order valence-corrected chi connectivity index (χ3v) is 5.60. The Hall–Kier alpha value is -1.39. The number of H-pyrrole nitrogens is 1. The molecule has 1 aliphatic rings. The zero-order chi connectivity index (χ0) is 19.3.